The fourth-order valence-electron chi connectivity index (χ4n) is 3.52. The van der Waals surface area contributed by atoms with E-state index < -0.39 is 21.5 Å². The van der Waals surface area contributed by atoms with Crippen LogP contribution in [0.25, 0.3) is 0 Å². The summed E-state index contributed by atoms with van der Waals surface area (Å²) in [5, 5.41) is 9.15. The maximum absolute atomic E-state index is 11.5. The summed E-state index contributed by atoms with van der Waals surface area (Å²) in [7, 11) is -4.16. The van der Waals surface area contributed by atoms with Gasteiger partial charge in [-0.3, -0.25) is 4.55 Å². The van der Waals surface area contributed by atoms with Gasteiger partial charge in [-0.2, -0.15) is 8.42 Å². The molecule has 0 heterocycles. The molecule has 0 saturated heterocycles. The van der Waals surface area contributed by atoms with Gasteiger partial charge in [0.15, 0.2) is 0 Å². The largest absolute Gasteiger partial charge is 0.392 e. The molecule has 4 nitrogen and oxygen atoms in total. The number of aliphatic hydroxyl groups is 1. The Bertz CT molecular complexity index is 395. The van der Waals surface area contributed by atoms with Gasteiger partial charge in [0, 0.05) is 0 Å². The predicted molar refractivity (Wildman–Crippen MR) is 111 cm³/mol. The van der Waals surface area contributed by atoms with Crippen molar-refractivity contribution in [3.05, 3.63) is 0 Å². The average Bonchev–Trinajstić information content (AvgIpc) is 2.58. The van der Waals surface area contributed by atoms with E-state index in [-0.39, 0.29) is 0 Å². The van der Waals surface area contributed by atoms with Crippen LogP contribution in [0.1, 0.15) is 123 Å². The van der Waals surface area contributed by atoms with Gasteiger partial charge in [-0.05, 0) is 12.8 Å². The van der Waals surface area contributed by atoms with Crippen molar-refractivity contribution >= 4 is 10.1 Å². The first-order chi connectivity index (χ1) is 12.4. The van der Waals surface area contributed by atoms with E-state index in [9.17, 15) is 18.1 Å². The number of rotatable bonds is 19. The monoisotopic (exact) mass is 392 g/mol. The van der Waals surface area contributed by atoms with Gasteiger partial charge < -0.3 is 5.11 Å². The Balaban J connectivity index is 3.68. The first kappa shape index (κ1) is 25.9. The number of hydrogen-bond acceptors (Lipinski definition) is 3. The molecule has 0 aliphatic carbocycles. The van der Waals surface area contributed by atoms with Gasteiger partial charge in [0.25, 0.3) is 10.1 Å². The third-order valence-electron chi connectivity index (χ3n) is 5.26. The van der Waals surface area contributed by atoms with E-state index >= 15 is 0 Å². The van der Waals surface area contributed by atoms with Crippen LogP contribution >= 0.6 is 0 Å². The van der Waals surface area contributed by atoms with Crippen molar-refractivity contribution in [1.29, 1.82) is 0 Å². The SMILES string of the molecule is CCCCCCCCCCCCCCC(O)C(CCCCC)S(=O)(=O)O. The van der Waals surface area contributed by atoms with E-state index in [0.717, 1.165) is 38.5 Å². The van der Waals surface area contributed by atoms with E-state index in [4.69, 9.17) is 0 Å². The topological polar surface area (TPSA) is 74.6 Å². The van der Waals surface area contributed by atoms with Crippen LogP contribution < -0.4 is 0 Å². The van der Waals surface area contributed by atoms with Crippen LogP contribution in [0.2, 0.25) is 0 Å². The summed E-state index contributed by atoms with van der Waals surface area (Å²) in [6.45, 7) is 4.29. The Labute approximate surface area is 162 Å². The molecule has 5 heteroatoms. The maximum Gasteiger partial charge on any atom is 0.270 e. The predicted octanol–water partition coefficient (Wildman–Crippen LogP) is 6.28. The third-order valence-corrected chi connectivity index (χ3v) is 6.57. The summed E-state index contributed by atoms with van der Waals surface area (Å²) in [6, 6.07) is 0. The first-order valence-corrected chi connectivity index (χ1v) is 12.6. The third kappa shape index (κ3) is 15.0. The average molecular weight is 393 g/mol. The molecule has 2 atom stereocenters. The highest BCUT2D eigenvalue weighted by molar-refractivity contribution is 7.86. The van der Waals surface area contributed by atoms with Crippen LogP contribution in [0, 0.1) is 0 Å². The smallest absolute Gasteiger partial charge is 0.270 e. The fraction of sp³-hybridized carbons (Fsp3) is 1.00. The minimum Gasteiger partial charge on any atom is -0.392 e. The molecule has 0 radical (unpaired) electrons. The molecule has 0 aliphatic heterocycles. The zero-order chi connectivity index (χ0) is 19.7. The molecule has 26 heavy (non-hydrogen) atoms. The molecule has 0 rings (SSSR count). The molecule has 2 N–H and O–H groups in total. The van der Waals surface area contributed by atoms with Crippen LogP contribution in [-0.4, -0.2) is 29.4 Å². The molecule has 2 unspecified atom stereocenters. The van der Waals surface area contributed by atoms with Crippen molar-refractivity contribution in [2.75, 3.05) is 0 Å². The molecular formula is C21H44O4S. The molecule has 0 aromatic rings. The Morgan fingerprint density at radius 3 is 1.38 bits per heavy atom. The van der Waals surface area contributed by atoms with Crippen molar-refractivity contribution in [2.24, 2.45) is 0 Å². The Morgan fingerprint density at radius 1 is 0.615 bits per heavy atom. The van der Waals surface area contributed by atoms with E-state index in [1.54, 1.807) is 0 Å². The van der Waals surface area contributed by atoms with Gasteiger partial charge in [0.05, 0.1) is 6.10 Å². The lowest BCUT2D eigenvalue weighted by Gasteiger charge is -2.20. The van der Waals surface area contributed by atoms with E-state index in [2.05, 4.69) is 6.92 Å². The summed E-state index contributed by atoms with van der Waals surface area (Å²) in [5.41, 5.74) is 0. The Kier molecular flexibility index (Phi) is 16.9. The molecule has 0 spiro atoms. The second-order valence-electron chi connectivity index (χ2n) is 7.79. The molecule has 0 saturated carbocycles. The van der Waals surface area contributed by atoms with Gasteiger partial charge >= 0.3 is 0 Å². The van der Waals surface area contributed by atoms with Gasteiger partial charge in [0.2, 0.25) is 0 Å². The molecule has 0 amide bonds. The molecule has 0 aromatic heterocycles. The summed E-state index contributed by atoms with van der Waals surface area (Å²) in [4.78, 5) is 0. The molecule has 158 valence electrons. The van der Waals surface area contributed by atoms with Crippen molar-refractivity contribution < 1.29 is 18.1 Å². The molecule has 0 fully saturated rings. The second-order valence-corrected chi connectivity index (χ2v) is 9.43. The Hall–Kier alpha value is -0.130. The van der Waals surface area contributed by atoms with Gasteiger partial charge in [-0.15, -0.1) is 0 Å². The minimum absolute atomic E-state index is 0.353. The normalized spacial score (nSPS) is 14.5. The van der Waals surface area contributed by atoms with Crippen LogP contribution in [0.3, 0.4) is 0 Å². The van der Waals surface area contributed by atoms with Crippen LogP contribution in [0.5, 0.6) is 0 Å². The second kappa shape index (κ2) is 17.0. The first-order valence-electron chi connectivity index (χ1n) is 11.1. The highest BCUT2D eigenvalue weighted by atomic mass is 32.2. The zero-order valence-electron chi connectivity index (χ0n) is 17.3. The van der Waals surface area contributed by atoms with Crippen molar-refractivity contribution in [3.63, 3.8) is 0 Å². The molecule has 0 aliphatic rings. The van der Waals surface area contributed by atoms with Crippen molar-refractivity contribution in [3.8, 4) is 0 Å². The summed E-state index contributed by atoms with van der Waals surface area (Å²) in [6.07, 6.45) is 17.5. The van der Waals surface area contributed by atoms with Crippen LogP contribution in [0.15, 0.2) is 0 Å². The quantitative estimate of drug-likeness (QED) is 0.200. The molecule has 0 bridgehead atoms. The Morgan fingerprint density at radius 2 is 0.962 bits per heavy atom. The van der Waals surface area contributed by atoms with E-state index in [1.807, 2.05) is 6.92 Å². The zero-order valence-corrected chi connectivity index (χ0v) is 18.1. The lowest BCUT2D eigenvalue weighted by molar-refractivity contribution is 0.146. The fourth-order valence-corrected chi connectivity index (χ4v) is 4.51. The summed E-state index contributed by atoms with van der Waals surface area (Å²) < 4.78 is 32.3. The number of unbranched alkanes of at least 4 members (excludes halogenated alkanes) is 13. The van der Waals surface area contributed by atoms with E-state index in [1.165, 1.54) is 57.8 Å². The highest BCUT2D eigenvalue weighted by Gasteiger charge is 2.29. The van der Waals surface area contributed by atoms with E-state index in [0.29, 0.717) is 12.8 Å². The number of hydrogen-bond donors (Lipinski definition) is 2. The highest BCUT2D eigenvalue weighted by Crippen LogP contribution is 2.19. The maximum atomic E-state index is 11.5. The number of aliphatic hydroxyl groups excluding tert-OH is 1. The van der Waals surface area contributed by atoms with Crippen molar-refractivity contribution in [1.82, 2.24) is 0 Å². The minimum atomic E-state index is -4.16. The van der Waals surface area contributed by atoms with Gasteiger partial charge in [0.1, 0.15) is 5.25 Å². The van der Waals surface area contributed by atoms with Crippen LogP contribution in [-0.2, 0) is 10.1 Å². The lowest BCUT2D eigenvalue weighted by Crippen LogP contribution is -2.33. The summed E-state index contributed by atoms with van der Waals surface area (Å²) in [5.74, 6) is 0. The lowest BCUT2D eigenvalue weighted by atomic mass is 10.0. The molecular weight excluding hydrogens is 348 g/mol. The molecule has 0 aromatic carbocycles. The van der Waals surface area contributed by atoms with Crippen molar-refractivity contribution in [2.45, 2.75) is 134 Å². The van der Waals surface area contributed by atoms with Crippen LogP contribution in [0.4, 0.5) is 0 Å². The summed E-state index contributed by atoms with van der Waals surface area (Å²) >= 11 is 0. The standard InChI is InChI=1S/C21H44O4S/c1-3-5-7-8-9-10-11-12-13-14-15-17-18-20(22)21(26(23,24)25)19-16-6-4-2/h20-22H,3-19H2,1-2H3,(H,23,24,25). The van der Waals surface area contributed by atoms with Gasteiger partial charge in [-0.25, -0.2) is 0 Å². The van der Waals surface area contributed by atoms with Gasteiger partial charge in [-0.1, -0.05) is 110 Å².